The van der Waals surface area contributed by atoms with E-state index in [1.165, 1.54) is 12.8 Å². The van der Waals surface area contributed by atoms with E-state index in [1.54, 1.807) is 42.4 Å². The molecule has 0 amide bonds. The molecule has 0 atom stereocenters. The van der Waals surface area contributed by atoms with Gasteiger partial charge in [0.1, 0.15) is 22.7 Å². The number of aromatic amines is 1. The van der Waals surface area contributed by atoms with Crippen molar-refractivity contribution in [3.63, 3.8) is 0 Å². The Morgan fingerprint density at radius 3 is 2.74 bits per heavy atom. The zero-order valence-corrected chi connectivity index (χ0v) is 17.1. The van der Waals surface area contributed by atoms with Gasteiger partial charge >= 0.3 is 0 Å². The van der Waals surface area contributed by atoms with Crippen LogP contribution < -0.4 is 16.0 Å². The largest absolute Gasteiger partial charge is 0.494 e. The third kappa shape index (κ3) is 4.69. The number of benzene rings is 1. The average Bonchev–Trinajstić information content (AvgIpc) is 3.50. The van der Waals surface area contributed by atoms with Gasteiger partial charge in [-0.05, 0) is 25.0 Å². The second-order valence-corrected chi connectivity index (χ2v) is 6.93. The molecular weight excluding hydrogens is 398 g/mol. The number of hydrogen-bond donors (Lipinski definition) is 2. The molecule has 1 fully saturated rings. The van der Waals surface area contributed by atoms with Crippen molar-refractivity contribution in [1.82, 2.24) is 29.9 Å². The van der Waals surface area contributed by atoms with Crippen LogP contribution in [-0.2, 0) is 11.3 Å². The van der Waals surface area contributed by atoms with Gasteiger partial charge in [-0.25, -0.2) is 14.6 Å². The smallest absolute Gasteiger partial charge is 0.253 e. The van der Waals surface area contributed by atoms with Gasteiger partial charge in [-0.15, -0.1) is 5.10 Å². The van der Waals surface area contributed by atoms with Crippen LogP contribution in [0, 0.1) is 0 Å². The number of para-hydroxylation sites is 1. The lowest BCUT2D eigenvalue weighted by Crippen LogP contribution is -2.14. The van der Waals surface area contributed by atoms with Crippen molar-refractivity contribution in [3.8, 4) is 17.1 Å². The molecule has 0 bridgehead atoms. The van der Waals surface area contributed by atoms with E-state index in [1.807, 2.05) is 12.1 Å². The van der Waals surface area contributed by atoms with Crippen LogP contribution >= 0.6 is 0 Å². The molecule has 0 saturated carbocycles. The summed E-state index contributed by atoms with van der Waals surface area (Å²) in [5, 5.41) is 9.02. The maximum absolute atomic E-state index is 11.8. The summed E-state index contributed by atoms with van der Waals surface area (Å²) in [6, 6.07) is 9.02. The van der Waals surface area contributed by atoms with Gasteiger partial charge < -0.3 is 20.2 Å². The highest BCUT2D eigenvalue weighted by atomic mass is 16.5. The fourth-order valence-corrected chi connectivity index (χ4v) is 3.25. The second kappa shape index (κ2) is 9.35. The number of H-pyrrole nitrogens is 1. The Bertz CT molecular complexity index is 1220. The van der Waals surface area contributed by atoms with Crippen LogP contribution in [0.4, 0.5) is 5.95 Å². The Hall–Kier alpha value is -3.79. The van der Waals surface area contributed by atoms with E-state index in [-0.39, 0.29) is 11.5 Å². The predicted octanol–water partition coefficient (Wildman–Crippen LogP) is 2.01. The van der Waals surface area contributed by atoms with E-state index in [0.717, 1.165) is 18.6 Å². The minimum atomic E-state index is -0.161. The molecule has 4 heterocycles. The zero-order valence-electron chi connectivity index (χ0n) is 17.1. The third-order valence-electron chi connectivity index (χ3n) is 4.77. The maximum Gasteiger partial charge on any atom is 0.253 e. The molecule has 1 aromatic carbocycles. The number of nitrogens with zero attached hydrogens (tertiary/aromatic N) is 5. The van der Waals surface area contributed by atoms with Crippen LogP contribution in [0.1, 0.15) is 18.4 Å². The fraction of sp³-hybridized carbons (Fsp3) is 0.286. The monoisotopic (exact) mass is 421 g/mol. The second-order valence-electron chi connectivity index (χ2n) is 6.93. The molecule has 0 spiro atoms. The highest BCUT2D eigenvalue weighted by Gasteiger charge is 2.15. The average molecular weight is 421 g/mol. The highest BCUT2D eigenvalue weighted by molar-refractivity contribution is 5.95. The van der Waals surface area contributed by atoms with Crippen LogP contribution in [-0.4, -0.2) is 50.3 Å². The van der Waals surface area contributed by atoms with Crippen LogP contribution in [0.5, 0.6) is 5.75 Å². The van der Waals surface area contributed by atoms with Gasteiger partial charge in [-0.2, -0.15) is 0 Å². The van der Waals surface area contributed by atoms with Crippen molar-refractivity contribution >= 4 is 16.9 Å². The summed E-state index contributed by atoms with van der Waals surface area (Å²) in [5.41, 5.74) is 7.97. The van der Waals surface area contributed by atoms with Gasteiger partial charge in [0, 0.05) is 30.4 Å². The standard InChI is InChI=1S/C17H15N7O2.C4H8O/c1-26-13-6-2-5-11-14(20-17(18)21-15(11)13)12-9-24(23-22-12)8-10-4-3-7-19-16(10)25;1-2-4-5-3-1/h2-7,9H,8H2,1H3,(H,19,25)(H2,18,20,21);1-4H2. The molecule has 0 unspecified atom stereocenters. The number of rotatable bonds is 4. The van der Waals surface area contributed by atoms with E-state index < -0.39 is 0 Å². The molecular formula is C21H23N7O3. The van der Waals surface area contributed by atoms with Crippen molar-refractivity contribution in [2.45, 2.75) is 19.4 Å². The number of anilines is 1. The van der Waals surface area contributed by atoms with Gasteiger partial charge in [0.2, 0.25) is 5.95 Å². The van der Waals surface area contributed by atoms with Crippen LogP contribution in [0.15, 0.2) is 47.5 Å². The van der Waals surface area contributed by atoms with Crippen LogP contribution in [0.2, 0.25) is 0 Å². The first kappa shape index (κ1) is 20.5. The van der Waals surface area contributed by atoms with E-state index in [0.29, 0.717) is 34.8 Å². The van der Waals surface area contributed by atoms with E-state index in [4.69, 9.17) is 15.2 Å². The zero-order chi connectivity index (χ0) is 21.6. The first-order valence-corrected chi connectivity index (χ1v) is 9.91. The Morgan fingerprint density at radius 2 is 2.03 bits per heavy atom. The first-order valence-electron chi connectivity index (χ1n) is 9.91. The molecule has 10 nitrogen and oxygen atoms in total. The number of nitrogens with one attached hydrogen (secondary N) is 1. The summed E-state index contributed by atoms with van der Waals surface area (Å²) in [6.45, 7) is 2.30. The van der Waals surface area contributed by atoms with Crippen molar-refractivity contribution in [3.05, 3.63) is 58.6 Å². The number of fused-ring (bicyclic) bond motifs is 1. The molecule has 1 saturated heterocycles. The van der Waals surface area contributed by atoms with E-state index >= 15 is 0 Å². The molecule has 1 aliphatic rings. The normalized spacial score (nSPS) is 13.1. The number of ether oxygens (including phenoxy) is 2. The summed E-state index contributed by atoms with van der Waals surface area (Å²) in [6.07, 6.45) is 5.86. The molecule has 5 rings (SSSR count). The molecule has 160 valence electrons. The van der Waals surface area contributed by atoms with Crippen molar-refractivity contribution in [2.75, 3.05) is 26.1 Å². The third-order valence-corrected chi connectivity index (χ3v) is 4.77. The van der Waals surface area contributed by atoms with E-state index in [9.17, 15) is 4.79 Å². The van der Waals surface area contributed by atoms with Gasteiger partial charge in [0.05, 0.1) is 19.9 Å². The van der Waals surface area contributed by atoms with Crippen molar-refractivity contribution < 1.29 is 9.47 Å². The molecule has 1 aliphatic heterocycles. The summed E-state index contributed by atoms with van der Waals surface area (Å²) in [4.78, 5) is 23.0. The predicted molar refractivity (Wildman–Crippen MR) is 116 cm³/mol. The molecule has 3 N–H and O–H groups in total. The van der Waals surface area contributed by atoms with Gasteiger partial charge in [0.15, 0.2) is 0 Å². The van der Waals surface area contributed by atoms with Crippen molar-refractivity contribution in [1.29, 1.82) is 0 Å². The summed E-state index contributed by atoms with van der Waals surface area (Å²) in [5.74, 6) is 0.715. The minimum absolute atomic E-state index is 0.117. The van der Waals surface area contributed by atoms with Crippen molar-refractivity contribution in [2.24, 2.45) is 0 Å². The molecule has 0 aliphatic carbocycles. The number of methoxy groups -OCH3 is 1. The number of nitrogens with two attached hydrogens (primary N) is 1. The van der Waals surface area contributed by atoms with Gasteiger partial charge in [-0.1, -0.05) is 23.4 Å². The lowest BCUT2D eigenvalue weighted by Gasteiger charge is -2.07. The Morgan fingerprint density at radius 1 is 1.19 bits per heavy atom. The van der Waals surface area contributed by atoms with Gasteiger partial charge in [0.25, 0.3) is 5.56 Å². The lowest BCUT2D eigenvalue weighted by atomic mass is 10.1. The molecule has 31 heavy (non-hydrogen) atoms. The first-order chi connectivity index (χ1) is 15.2. The van der Waals surface area contributed by atoms with E-state index in [2.05, 4.69) is 25.3 Å². The van der Waals surface area contributed by atoms with Crippen LogP contribution in [0.3, 0.4) is 0 Å². The topological polar surface area (TPSA) is 134 Å². The molecule has 0 radical (unpaired) electrons. The summed E-state index contributed by atoms with van der Waals surface area (Å²) in [7, 11) is 1.57. The number of nitrogen functional groups attached to an aromatic ring is 1. The summed E-state index contributed by atoms with van der Waals surface area (Å²) < 4.78 is 11.9. The quantitative estimate of drug-likeness (QED) is 0.511. The fourth-order valence-electron chi connectivity index (χ4n) is 3.25. The maximum atomic E-state index is 11.8. The molecule has 4 aromatic rings. The molecule has 3 aromatic heterocycles. The summed E-state index contributed by atoms with van der Waals surface area (Å²) >= 11 is 0. The SMILES string of the molecule is C1CCOC1.COc1cccc2c(-c3cn(Cc4ccc[nH]c4=O)nn3)nc(N)nc12. The molecule has 10 heteroatoms. The highest BCUT2D eigenvalue weighted by Crippen LogP contribution is 2.30. The lowest BCUT2D eigenvalue weighted by molar-refractivity contribution is 0.198. The minimum Gasteiger partial charge on any atom is -0.494 e. The Kier molecular flexibility index (Phi) is 6.18. The number of hydrogen-bond acceptors (Lipinski definition) is 8. The Labute approximate surface area is 178 Å². The van der Waals surface area contributed by atoms with Crippen LogP contribution in [0.25, 0.3) is 22.3 Å². The van der Waals surface area contributed by atoms with Gasteiger partial charge in [-0.3, -0.25) is 4.79 Å². The number of pyridine rings is 1. The number of aromatic nitrogens is 6. The Balaban J connectivity index is 0.000000407.